The molecule has 0 N–H and O–H groups in total. The molecule has 0 saturated carbocycles. The predicted molar refractivity (Wildman–Crippen MR) is 82.3 cm³/mol. The maximum atomic E-state index is 11.1. The van der Waals surface area contributed by atoms with Crippen LogP contribution in [0.4, 0.5) is 0 Å². The van der Waals surface area contributed by atoms with Crippen molar-refractivity contribution < 1.29 is 9.53 Å². The molecule has 0 radical (unpaired) electrons. The lowest BCUT2D eigenvalue weighted by atomic mass is 10.2. The van der Waals surface area contributed by atoms with Crippen LogP contribution in [0.3, 0.4) is 0 Å². The fourth-order valence-electron chi connectivity index (χ4n) is 1.55. The molecule has 106 valence electrons. The van der Waals surface area contributed by atoms with Gasteiger partial charge in [0, 0.05) is 16.3 Å². The monoisotopic (exact) mass is 320 g/mol. The van der Waals surface area contributed by atoms with Gasteiger partial charge in [-0.2, -0.15) is 0 Å². The zero-order valence-corrected chi connectivity index (χ0v) is 13.3. The van der Waals surface area contributed by atoms with Crippen LogP contribution >= 0.6 is 35.0 Å². The third-order valence-corrected chi connectivity index (χ3v) is 4.30. The molecule has 19 heavy (non-hydrogen) atoms. The number of halogens is 2. The Morgan fingerprint density at radius 3 is 2.79 bits per heavy atom. The van der Waals surface area contributed by atoms with Crippen molar-refractivity contribution in [1.82, 2.24) is 0 Å². The normalized spacial score (nSPS) is 10.5. The molecule has 2 nitrogen and oxygen atoms in total. The number of esters is 1. The quantitative estimate of drug-likeness (QED) is 0.373. The van der Waals surface area contributed by atoms with Gasteiger partial charge in [0.05, 0.1) is 11.6 Å². The minimum absolute atomic E-state index is 0.104. The van der Waals surface area contributed by atoms with Crippen molar-refractivity contribution in [1.29, 1.82) is 0 Å². The summed E-state index contributed by atoms with van der Waals surface area (Å²) in [6, 6.07) is 5.48. The average Bonchev–Trinajstić information content (AvgIpc) is 2.38. The molecule has 0 saturated heterocycles. The van der Waals surface area contributed by atoms with Crippen molar-refractivity contribution in [2.24, 2.45) is 0 Å². The second-order valence-electron chi connectivity index (χ2n) is 4.04. The van der Waals surface area contributed by atoms with Crippen LogP contribution in [0.15, 0.2) is 23.1 Å². The van der Waals surface area contributed by atoms with Crippen LogP contribution in [0, 0.1) is 0 Å². The topological polar surface area (TPSA) is 26.3 Å². The van der Waals surface area contributed by atoms with E-state index in [1.54, 1.807) is 17.8 Å². The van der Waals surface area contributed by atoms with Crippen molar-refractivity contribution in [3.8, 4) is 0 Å². The Bertz CT molecular complexity index is 410. The summed E-state index contributed by atoms with van der Waals surface area (Å²) < 4.78 is 4.87. The molecule has 0 aliphatic carbocycles. The van der Waals surface area contributed by atoms with Crippen molar-refractivity contribution in [3.63, 3.8) is 0 Å². The van der Waals surface area contributed by atoms with E-state index < -0.39 is 0 Å². The Morgan fingerprint density at radius 1 is 1.26 bits per heavy atom. The molecule has 0 unspecified atom stereocenters. The summed E-state index contributed by atoms with van der Waals surface area (Å²) >= 11 is 13.7. The van der Waals surface area contributed by atoms with Crippen LogP contribution < -0.4 is 0 Å². The minimum atomic E-state index is -0.104. The van der Waals surface area contributed by atoms with Gasteiger partial charge in [-0.1, -0.05) is 29.6 Å². The maximum absolute atomic E-state index is 11.1. The molecule has 0 spiro atoms. The van der Waals surface area contributed by atoms with Gasteiger partial charge >= 0.3 is 5.97 Å². The molecule has 1 aromatic carbocycles. The Kier molecular flexibility index (Phi) is 8.35. The zero-order valence-electron chi connectivity index (χ0n) is 11.0. The van der Waals surface area contributed by atoms with Crippen molar-refractivity contribution in [2.75, 3.05) is 12.4 Å². The van der Waals surface area contributed by atoms with Crippen LogP contribution in [0.5, 0.6) is 0 Å². The molecule has 0 amide bonds. The van der Waals surface area contributed by atoms with Crippen LogP contribution in [0.25, 0.3) is 0 Å². The van der Waals surface area contributed by atoms with E-state index in [1.165, 1.54) is 0 Å². The highest BCUT2D eigenvalue weighted by atomic mass is 35.5. The molecule has 0 heterocycles. The molecule has 0 atom stereocenters. The molecule has 0 bridgehead atoms. The number of hydrogen-bond acceptors (Lipinski definition) is 3. The predicted octanol–water partition coefficient (Wildman–Crippen LogP) is 5.21. The highest BCUT2D eigenvalue weighted by molar-refractivity contribution is 7.99. The van der Waals surface area contributed by atoms with E-state index in [-0.39, 0.29) is 5.97 Å². The van der Waals surface area contributed by atoms with E-state index in [1.807, 2.05) is 19.1 Å². The summed E-state index contributed by atoms with van der Waals surface area (Å²) in [4.78, 5) is 12.1. The number of benzene rings is 1. The Labute approximate surface area is 128 Å². The SMILES string of the molecule is CCOC(=O)CCCCCSc1cc(Cl)ccc1Cl. The summed E-state index contributed by atoms with van der Waals surface area (Å²) in [5.41, 5.74) is 0. The van der Waals surface area contributed by atoms with E-state index in [0.717, 1.165) is 34.9 Å². The van der Waals surface area contributed by atoms with Gasteiger partial charge in [0.2, 0.25) is 0 Å². The highest BCUT2D eigenvalue weighted by Gasteiger charge is 2.03. The molecule has 1 rings (SSSR count). The minimum Gasteiger partial charge on any atom is -0.466 e. The molecule has 1 aromatic rings. The van der Waals surface area contributed by atoms with Crippen molar-refractivity contribution in [2.45, 2.75) is 37.5 Å². The zero-order chi connectivity index (χ0) is 14.1. The molecule has 0 fully saturated rings. The van der Waals surface area contributed by atoms with Gasteiger partial charge in [-0.3, -0.25) is 4.79 Å². The molecule has 0 aromatic heterocycles. The van der Waals surface area contributed by atoms with Crippen molar-refractivity contribution >= 4 is 40.9 Å². The number of carbonyl (C=O) groups excluding carboxylic acids is 1. The van der Waals surface area contributed by atoms with Gasteiger partial charge in [0.1, 0.15) is 0 Å². The van der Waals surface area contributed by atoms with Gasteiger partial charge < -0.3 is 4.74 Å². The van der Waals surface area contributed by atoms with Gasteiger partial charge in [-0.25, -0.2) is 0 Å². The third kappa shape index (κ3) is 7.09. The highest BCUT2D eigenvalue weighted by Crippen LogP contribution is 2.30. The summed E-state index contributed by atoms with van der Waals surface area (Å²) in [6.45, 7) is 2.28. The van der Waals surface area contributed by atoms with Crippen LogP contribution in [0.1, 0.15) is 32.6 Å². The number of carbonyl (C=O) groups is 1. The Hall–Kier alpha value is -0.380. The first-order valence-electron chi connectivity index (χ1n) is 6.37. The maximum Gasteiger partial charge on any atom is 0.305 e. The average molecular weight is 321 g/mol. The first kappa shape index (κ1) is 16.7. The molecular formula is C14H18Cl2O2S. The van der Waals surface area contributed by atoms with E-state index in [0.29, 0.717) is 18.1 Å². The number of rotatable bonds is 8. The lowest BCUT2D eigenvalue weighted by Crippen LogP contribution is -2.03. The van der Waals surface area contributed by atoms with Crippen LogP contribution in [-0.4, -0.2) is 18.3 Å². The molecule has 0 aliphatic heterocycles. The molecule has 0 aliphatic rings. The van der Waals surface area contributed by atoms with E-state index in [9.17, 15) is 4.79 Å². The second kappa shape index (κ2) is 9.51. The fraction of sp³-hybridized carbons (Fsp3) is 0.500. The van der Waals surface area contributed by atoms with Gasteiger partial charge in [0.15, 0.2) is 0 Å². The summed E-state index contributed by atoms with van der Waals surface area (Å²) in [5.74, 6) is 0.871. The van der Waals surface area contributed by atoms with E-state index >= 15 is 0 Å². The Morgan fingerprint density at radius 2 is 2.05 bits per heavy atom. The summed E-state index contributed by atoms with van der Waals surface area (Å²) in [7, 11) is 0. The number of thioether (sulfide) groups is 1. The Balaban J connectivity index is 2.14. The van der Waals surface area contributed by atoms with E-state index in [4.69, 9.17) is 27.9 Å². The standard InChI is InChI=1S/C14H18Cl2O2S/c1-2-18-14(17)6-4-3-5-9-19-13-10-11(15)7-8-12(13)16/h7-8,10H,2-6,9H2,1H3. The van der Waals surface area contributed by atoms with Crippen LogP contribution in [-0.2, 0) is 9.53 Å². The molecular weight excluding hydrogens is 303 g/mol. The number of hydrogen-bond donors (Lipinski definition) is 0. The van der Waals surface area contributed by atoms with E-state index in [2.05, 4.69) is 0 Å². The summed E-state index contributed by atoms with van der Waals surface area (Å²) in [6.07, 6.45) is 3.45. The van der Waals surface area contributed by atoms with Crippen LogP contribution in [0.2, 0.25) is 10.0 Å². The lowest BCUT2D eigenvalue weighted by Gasteiger charge is -2.05. The van der Waals surface area contributed by atoms with Crippen molar-refractivity contribution in [3.05, 3.63) is 28.2 Å². The lowest BCUT2D eigenvalue weighted by molar-refractivity contribution is -0.143. The van der Waals surface area contributed by atoms with Gasteiger partial charge in [-0.05, 0) is 43.7 Å². The molecule has 5 heteroatoms. The first-order chi connectivity index (χ1) is 9.13. The fourth-order valence-corrected chi connectivity index (χ4v) is 3.05. The summed E-state index contributed by atoms with van der Waals surface area (Å²) in [5, 5.41) is 1.44. The number of ether oxygens (including phenoxy) is 1. The largest absolute Gasteiger partial charge is 0.466 e. The first-order valence-corrected chi connectivity index (χ1v) is 8.11. The third-order valence-electron chi connectivity index (χ3n) is 2.48. The van der Waals surface area contributed by atoms with Gasteiger partial charge in [-0.15, -0.1) is 11.8 Å². The number of unbranched alkanes of at least 4 members (excludes halogenated alkanes) is 2. The van der Waals surface area contributed by atoms with Gasteiger partial charge in [0.25, 0.3) is 0 Å². The smallest absolute Gasteiger partial charge is 0.305 e. The second-order valence-corrected chi connectivity index (χ2v) is 6.02.